The first-order chi connectivity index (χ1) is 47.7. The highest BCUT2D eigenvalue weighted by molar-refractivity contribution is 5.74. The van der Waals surface area contributed by atoms with Crippen molar-refractivity contribution in [3.05, 3.63) is 0 Å². The van der Waals surface area contributed by atoms with Gasteiger partial charge in [-0.2, -0.15) is 0 Å². The van der Waals surface area contributed by atoms with E-state index in [-0.39, 0.29) is 0 Å². The molecular formula is C56H96N4O41. The Morgan fingerprint density at radius 3 is 1.13 bits per heavy atom. The van der Waals surface area contributed by atoms with E-state index in [2.05, 4.69) is 21.3 Å². The number of rotatable bonds is 30. The van der Waals surface area contributed by atoms with Crippen LogP contribution in [0, 0.1) is 0 Å². The van der Waals surface area contributed by atoms with Crippen molar-refractivity contribution in [2.24, 2.45) is 0 Å². The summed E-state index contributed by atoms with van der Waals surface area (Å²) in [5.74, 6) is -3.67. The number of ether oxygens (including phenoxy) is 14. The number of aliphatic hydroxyl groups excluding tert-OH is 23. The lowest BCUT2D eigenvalue weighted by Crippen LogP contribution is -2.71. The van der Waals surface area contributed by atoms with Gasteiger partial charge in [-0.1, -0.05) is 0 Å². The zero-order valence-corrected chi connectivity index (χ0v) is 54.5. The lowest BCUT2D eigenvalue weighted by Gasteiger charge is -2.52. The summed E-state index contributed by atoms with van der Waals surface area (Å²) in [5.41, 5.74) is 0. The Kier molecular flexibility index (Phi) is 31.7. The highest BCUT2D eigenvalue weighted by Crippen LogP contribution is 2.40. The van der Waals surface area contributed by atoms with Gasteiger partial charge >= 0.3 is 0 Å². The van der Waals surface area contributed by atoms with Crippen molar-refractivity contribution in [3.8, 4) is 0 Å². The maximum absolute atomic E-state index is 13.0. The van der Waals surface area contributed by atoms with Gasteiger partial charge in [0.2, 0.25) is 23.6 Å². The van der Waals surface area contributed by atoms with Gasteiger partial charge in [0.05, 0.1) is 65.5 Å². The van der Waals surface area contributed by atoms with E-state index < -0.39 is 322 Å². The molecule has 7 rings (SSSR count). The van der Waals surface area contributed by atoms with E-state index >= 15 is 0 Å². The van der Waals surface area contributed by atoms with E-state index in [0.29, 0.717) is 0 Å². The maximum atomic E-state index is 13.0. The Balaban J connectivity index is 1.41. The second kappa shape index (κ2) is 37.8. The van der Waals surface area contributed by atoms with Crippen LogP contribution in [0.4, 0.5) is 0 Å². The van der Waals surface area contributed by atoms with Crippen LogP contribution in [0.1, 0.15) is 27.7 Å². The molecule has 101 heavy (non-hydrogen) atoms. The molecule has 0 saturated carbocycles. The predicted molar refractivity (Wildman–Crippen MR) is 313 cm³/mol. The van der Waals surface area contributed by atoms with Gasteiger partial charge in [0.1, 0.15) is 189 Å². The number of carbonyl (C=O) groups excluding carboxylic acids is 4. The largest absolute Gasteiger partial charge is 0.394 e. The maximum Gasteiger partial charge on any atom is 0.217 e. The van der Waals surface area contributed by atoms with Gasteiger partial charge in [-0.25, -0.2) is 0 Å². The monoisotopic (exact) mass is 1480 g/mol. The summed E-state index contributed by atoms with van der Waals surface area (Å²) in [6, 6.07) is -7.47. The summed E-state index contributed by atoms with van der Waals surface area (Å²) < 4.78 is 84.5. The van der Waals surface area contributed by atoms with Crippen molar-refractivity contribution >= 4 is 23.6 Å². The van der Waals surface area contributed by atoms with Crippen molar-refractivity contribution < 1.29 is 203 Å². The van der Waals surface area contributed by atoms with E-state index in [0.717, 1.165) is 27.7 Å². The van der Waals surface area contributed by atoms with E-state index in [1.165, 1.54) is 0 Å². The third kappa shape index (κ3) is 19.6. The van der Waals surface area contributed by atoms with Crippen LogP contribution in [0.25, 0.3) is 0 Å². The van der Waals surface area contributed by atoms with Gasteiger partial charge in [-0.15, -0.1) is 0 Å². The van der Waals surface area contributed by atoms with Crippen LogP contribution < -0.4 is 21.3 Å². The molecule has 4 amide bonds. The van der Waals surface area contributed by atoms with E-state index in [4.69, 9.17) is 66.3 Å². The molecule has 27 N–H and O–H groups in total. The molecule has 45 nitrogen and oxygen atoms in total. The SMILES string of the molecule is CC(=O)N[C@H]1[C@H](O[C@@H]2[C@@H](O[C@@H]3[C@H](O)[C@H](O[C@@H]([C@H](O)[C@H](CO)NC(C)=O)[C@H](O)CO)O[C@H](CO[C@H]4O[C@H](CO)[C@@H](O)[C@H](O[C@H]5O[C@H](CO)[C@@H](O)[C@H](O)[C@@H]5O)[C@@H]4O)[C@H]3O[C@@H]3O[C@H](CO)[C@@H](O)[C@H](O)[C@H]3NC(C)=O)O[C@H](CO)[C@@H](O[C@@H]3O[C@H](CO)[C@@H](O)[C@H](O)[C@H]3NC(C)=O)[C@@H]2O)O[C@H](CO)[C@@H](O)[C@@H]1O. The highest BCUT2D eigenvalue weighted by Gasteiger charge is 2.60. The molecule has 0 unspecified atom stereocenters. The highest BCUT2D eigenvalue weighted by atomic mass is 16.8. The van der Waals surface area contributed by atoms with Gasteiger partial charge in [-0.05, 0) is 0 Å². The van der Waals surface area contributed by atoms with Crippen molar-refractivity contribution in [1.29, 1.82) is 0 Å². The number of amides is 4. The van der Waals surface area contributed by atoms with Crippen LogP contribution in [0.5, 0.6) is 0 Å². The van der Waals surface area contributed by atoms with Crippen LogP contribution in [0.2, 0.25) is 0 Å². The Hall–Kier alpha value is -3.60. The average Bonchev–Trinajstić information content (AvgIpc) is 0.762. The van der Waals surface area contributed by atoms with Crippen molar-refractivity contribution in [2.45, 2.75) is 267 Å². The van der Waals surface area contributed by atoms with Gasteiger partial charge < -0.3 is 205 Å². The van der Waals surface area contributed by atoms with E-state index in [9.17, 15) is 137 Å². The Bertz CT molecular complexity index is 2590. The Morgan fingerprint density at radius 2 is 0.703 bits per heavy atom. The second-order valence-corrected chi connectivity index (χ2v) is 25.1. The first-order valence-electron chi connectivity index (χ1n) is 32.0. The standard InChI is InChI=1S/C56H96N4O41/c1-14(69)57-18(5-61)30(74)44(19(73)6-62)96-55-43(87)48(100-56-49(101-52-29(60-17(4)72)38(82)33(77)22(9-65)91-52)41(85)45(25(12-68)94-56)97-50-27(58-15(2)70)36(80)31(75)20(7-63)89-50)46(98-51-28(59-16(3)71)37(81)32(76)21(8-64)90-51)26(95-55)13-88-53-42(86)47(35(79)24(11-67)92-53)99-54-40(84)39(83)34(78)23(10-66)93-54/h18-56,61-68,73-87H,5-13H2,1-4H3,(H,57,69)(H,58,70)(H,59,71)(H,60,72)/t18-,19+,20+,21+,22+,23+,24+,25+,26+,27+,28+,29+,30+,31+,32+,33+,34+,35+,36+,37+,38+,39-,40-,41-,42-,43-,44+,45+,46+,47-,48+,49-,50-,51-,52-,53-,54+,55-,56+/m0/s1. The summed E-state index contributed by atoms with van der Waals surface area (Å²) >= 11 is 0. The van der Waals surface area contributed by atoms with Crippen molar-refractivity contribution in [2.75, 3.05) is 59.5 Å². The lowest BCUT2D eigenvalue weighted by molar-refractivity contribution is -0.409. The molecule has 7 heterocycles. The number of hydrogen-bond donors (Lipinski definition) is 27. The molecule has 39 atom stereocenters. The van der Waals surface area contributed by atoms with Gasteiger partial charge in [0.15, 0.2) is 44.0 Å². The number of hydrogen-bond acceptors (Lipinski definition) is 41. The molecule has 0 radical (unpaired) electrons. The van der Waals surface area contributed by atoms with E-state index in [1.54, 1.807) is 0 Å². The minimum Gasteiger partial charge on any atom is -0.394 e. The first kappa shape index (κ1) is 84.7. The predicted octanol–water partition coefficient (Wildman–Crippen LogP) is -18.2. The zero-order chi connectivity index (χ0) is 74.9. The van der Waals surface area contributed by atoms with E-state index in [1.807, 2.05) is 0 Å². The summed E-state index contributed by atoms with van der Waals surface area (Å²) in [5, 5.41) is 264. The fourth-order valence-corrected chi connectivity index (χ4v) is 12.6. The molecule has 7 aliphatic rings. The molecule has 0 aromatic heterocycles. The van der Waals surface area contributed by atoms with Crippen LogP contribution in [0.3, 0.4) is 0 Å². The molecule has 7 saturated heterocycles. The molecule has 0 aliphatic carbocycles. The van der Waals surface area contributed by atoms with Crippen molar-refractivity contribution in [1.82, 2.24) is 21.3 Å². The molecule has 0 spiro atoms. The molecule has 45 heteroatoms. The Labute approximate surface area is 572 Å². The van der Waals surface area contributed by atoms with Crippen LogP contribution in [-0.4, -0.2) is 440 Å². The fraction of sp³-hybridized carbons (Fsp3) is 0.929. The summed E-state index contributed by atoms with van der Waals surface area (Å²) in [6.07, 6.45) is -76.0. The smallest absolute Gasteiger partial charge is 0.217 e. The van der Waals surface area contributed by atoms with Gasteiger partial charge in [0, 0.05) is 27.7 Å². The van der Waals surface area contributed by atoms with Gasteiger partial charge in [0.25, 0.3) is 0 Å². The normalized spacial score (nSPS) is 45.0. The number of carbonyl (C=O) groups is 4. The summed E-state index contributed by atoms with van der Waals surface area (Å²) in [6.45, 7) is -6.57. The molecule has 7 fully saturated rings. The summed E-state index contributed by atoms with van der Waals surface area (Å²) in [7, 11) is 0. The molecular weight excluding hydrogens is 1380 g/mol. The quantitative estimate of drug-likeness (QED) is 0.0318. The minimum absolute atomic E-state index is 0.877. The molecule has 7 aliphatic heterocycles. The van der Waals surface area contributed by atoms with Crippen LogP contribution >= 0.6 is 0 Å². The number of nitrogens with one attached hydrogen (secondary N) is 4. The molecule has 586 valence electrons. The third-order valence-electron chi connectivity index (χ3n) is 17.9. The van der Waals surface area contributed by atoms with Crippen molar-refractivity contribution in [3.63, 3.8) is 0 Å². The van der Waals surface area contributed by atoms with Crippen LogP contribution in [-0.2, 0) is 85.5 Å². The van der Waals surface area contributed by atoms with Crippen LogP contribution in [0.15, 0.2) is 0 Å². The Morgan fingerprint density at radius 1 is 0.337 bits per heavy atom. The van der Waals surface area contributed by atoms with Gasteiger partial charge in [-0.3, -0.25) is 19.2 Å². The number of aliphatic hydroxyl groups is 23. The molecule has 0 aromatic rings. The fourth-order valence-electron chi connectivity index (χ4n) is 12.6. The second-order valence-electron chi connectivity index (χ2n) is 25.1. The molecule has 0 bridgehead atoms. The zero-order valence-electron chi connectivity index (χ0n) is 54.5. The molecule has 0 aromatic carbocycles. The summed E-state index contributed by atoms with van der Waals surface area (Å²) in [4.78, 5) is 50.6. The first-order valence-corrected chi connectivity index (χ1v) is 32.0. The topological polar surface area (TPSA) is 711 Å². The third-order valence-corrected chi connectivity index (χ3v) is 17.9. The average molecular weight is 1480 g/mol. The minimum atomic E-state index is -2.70. The lowest BCUT2D eigenvalue weighted by atomic mass is 9.93.